The van der Waals surface area contributed by atoms with Crippen LogP contribution in [0.3, 0.4) is 0 Å². The van der Waals surface area contributed by atoms with Crippen LogP contribution in [0.2, 0.25) is 0 Å². The van der Waals surface area contributed by atoms with Crippen LogP contribution in [0.5, 0.6) is 5.75 Å². The second kappa shape index (κ2) is 11.3. The van der Waals surface area contributed by atoms with Crippen LogP contribution >= 0.6 is 23.2 Å². The number of benzene rings is 1. The number of aryl methyl sites for hydroxylation is 1. The number of halogens is 4. The molecule has 4 rings (SSSR count). The van der Waals surface area contributed by atoms with Gasteiger partial charge in [-0.1, -0.05) is 17.7 Å². The van der Waals surface area contributed by atoms with E-state index >= 15 is 0 Å². The van der Waals surface area contributed by atoms with E-state index in [-0.39, 0.29) is 23.0 Å². The number of allylic oxidation sites excluding steroid dienone is 2. The van der Waals surface area contributed by atoms with E-state index in [0.717, 1.165) is 34.9 Å². The highest BCUT2D eigenvalue weighted by atomic mass is 35.5. The molecule has 1 aromatic heterocycles. The quantitative estimate of drug-likeness (QED) is 0.321. The summed E-state index contributed by atoms with van der Waals surface area (Å²) in [6, 6.07) is 5.02. The third-order valence-corrected chi connectivity index (χ3v) is 7.98. The van der Waals surface area contributed by atoms with Gasteiger partial charge in [-0.25, -0.2) is 0 Å². The Hall–Kier alpha value is -2.13. The molecule has 1 aliphatic carbocycles. The van der Waals surface area contributed by atoms with Gasteiger partial charge in [-0.2, -0.15) is 8.78 Å². The molecule has 2 unspecified atom stereocenters. The number of esters is 1. The smallest absolute Gasteiger partial charge is 0.394 e. The number of likely N-dealkylation sites (tertiary alicyclic amines) is 1. The van der Waals surface area contributed by atoms with Gasteiger partial charge in [-0.15, -0.1) is 11.6 Å². The van der Waals surface area contributed by atoms with Crippen molar-refractivity contribution in [3.05, 3.63) is 52.2 Å². The fraction of sp³-hybridized carbons (Fsp3) is 0.519. The number of rotatable bonds is 8. The molecule has 1 aliphatic heterocycles. The summed E-state index contributed by atoms with van der Waals surface area (Å²) in [6.07, 6.45) is 2.11. The number of carbonyl (C=O) groups excluding carboxylic acids is 1. The number of aromatic nitrogens is 1. The zero-order valence-corrected chi connectivity index (χ0v) is 22.7. The van der Waals surface area contributed by atoms with Crippen molar-refractivity contribution in [3.63, 3.8) is 0 Å². The molecule has 0 saturated carbocycles. The number of carbonyl (C=O) groups is 1. The predicted molar refractivity (Wildman–Crippen MR) is 140 cm³/mol. The number of hydrogen-bond donors (Lipinski definition) is 1. The standard InChI is InChI=1S/C27H32Cl2F2N2O4/c1-16-12-19(37-27(2,30)31)14-18-8-11-33(25(16)18)15-21-22(28)5-4-20(24(21)29)26(35)32-9-6-17(7-10-32)13-23(34)36-3/h4,8,11-12,14,17,22,26,35H,5-7,9-10,13,15H2,1-3H3. The van der Waals surface area contributed by atoms with E-state index in [1.807, 2.05) is 34.7 Å². The fourth-order valence-electron chi connectivity index (χ4n) is 5.21. The summed E-state index contributed by atoms with van der Waals surface area (Å²) in [5.74, 6) is 0.131. The van der Waals surface area contributed by atoms with Crippen LogP contribution < -0.4 is 4.74 Å². The Morgan fingerprint density at radius 2 is 2.00 bits per heavy atom. The molecule has 2 aliphatic rings. The molecular formula is C27H32Cl2F2N2O4. The number of methoxy groups -OCH3 is 1. The second-order valence-corrected chi connectivity index (χ2v) is 10.8. The van der Waals surface area contributed by atoms with Gasteiger partial charge < -0.3 is 19.1 Å². The third kappa shape index (κ3) is 6.48. The lowest BCUT2D eigenvalue weighted by Crippen LogP contribution is -2.43. The number of ether oxygens (including phenoxy) is 2. The molecule has 1 aromatic carbocycles. The molecular weight excluding hydrogens is 525 g/mol. The first kappa shape index (κ1) is 27.9. The Labute approximate surface area is 225 Å². The van der Waals surface area contributed by atoms with Crippen molar-refractivity contribution in [1.29, 1.82) is 0 Å². The molecule has 6 nitrogen and oxygen atoms in total. The molecule has 1 saturated heterocycles. The number of fused-ring (bicyclic) bond motifs is 1. The van der Waals surface area contributed by atoms with Crippen molar-refractivity contribution in [1.82, 2.24) is 9.47 Å². The fourth-order valence-corrected chi connectivity index (χ4v) is 5.90. The summed E-state index contributed by atoms with van der Waals surface area (Å²) < 4.78 is 38.2. The number of hydrogen-bond acceptors (Lipinski definition) is 5. The van der Waals surface area contributed by atoms with Crippen molar-refractivity contribution in [2.75, 3.05) is 20.2 Å². The molecule has 0 radical (unpaired) electrons. The van der Waals surface area contributed by atoms with Crippen LogP contribution in [0.4, 0.5) is 8.78 Å². The van der Waals surface area contributed by atoms with Gasteiger partial charge in [-0.05, 0) is 61.4 Å². The molecule has 2 atom stereocenters. The molecule has 1 N–H and O–H groups in total. The largest absolute Gasteiger partial charge is 0.469 e. The normalized spacial score (nSPS) is 20.8. The average Bonchev–Trinajstić information content (AvgIpc) is 3.23. The zero-order chi connectivity index (χ0) is 26.9. The Morgan fingerprint density at radius 1 is 1.30 bits per heavy atom. The Kier molecular flexibility index (Phi) is 8.53. The highest BCUT2D eigenvalue weighted by Gasteiger charge is 2.32. The predicted octanol–water partition coefficient (Wildman–Crippen LogP) is 5.97. The SMILES string of the molecule is COC(=O)CC1CCN(C(O)C2=CCC(Cl)C(Cn3ccc4cc(OC(C)(F)F)cc(C)c43)=C2Cl)CC1. The van der Waals surface area contributed by atoms with E-state index in [1.54, 1.807) is 12.1 Å². The second-order valence-electron chi connectivity index (χ2n) is 9.87. The number of alkyl halides is 3. The maximum atomic E-state index is 13.4. The van der Waals surface area contributed by atoms with E-state index in [9.17, 15) is 18.7 Å². The highest BCUT2D eigenvalue weighted by Crippen LogP contribution is 2.37. The van der Waals surface area contributed by atoms with E-state index in [1.165, 1.54) is 7.11 Å². The van der Waals surface area contributed by atoms with E-state index < -0.39 is 12.3 Å². The van der Waals surface area contributed by atoms with Crippen LogP contribution in [0.25, 0.3) is 10.9 Å². The molecule has 0 spiro atoms. The lowest BCUT2D eigenvalue weighted by atomic mass is 9.92. The lowest BCUT2D eigenvalue weighted by molar-refractivity contribution is -0.158. The summed E-state index contributed by atoms with van der Waals surface area (Å²) in [7, 11) is 1.39. The highest BCUT2D eigenvalue weighted by molar-refractivity contribution is 6.34. The average molecular weight is 557 g/mol. The zero-order valence-electron chi connectivity index (χ0n) is 21.1. The summed E-state index contributed by atoms with van der Waals surface area (Å²) in [5.41, 5.74) is 3.08. The molecule has 1 fully saturated rings. The van der Waals surface area contributed by atoms with Gasteiger partial charge in [0, 0.05) is 55.2 Å². The monoisotopic (exact) mass is 556 g/mol. The Bertz CT molecular complexity index is 1210. The summed E-state index contributed by atoms with van der Waals surface area (Å²) >= 11 is 13.5. The molecule has 10 heteroatoms. The summed E-state index contributed by atoms with van der Waals surface area (Å²) in [5, 5.41) is 12.0. The van der Waals surface area contributed by atoms with Gasteiger partial charge in [0.15, 0.2) is 0 Å². The van der Waals surface area contributed by atoms with Gasteiger partial charge in [0.2, 0.25) is 0 Å². The number of nitrogens with zero attached hydrogens (tertiary/aromatic N) is 2. The Morgan fingerprint density at radius 3 is 2.65 bits per heavy atom. The van der Waals surface area contributed by atoms with Crippen molar-refractivity contribution in [2.24, 2.45) is 5.92 Å². The van der Waals surface area contributed by atoms with Crippen molar-refractivity contribution in [3.8, 4) is 5.75 Å². The van der Waals surface area contributed by atoms with E-state index in [0.29, 0.717) is 50.0 Å². The summed E-state index contributed by atoms with van der Waals surface area (Å²) in [4.78, 5) is 13.6. The first-order valence-corrected chi connectivity index (χ1v) is 13.2. The van der Waals surface area contributed by atoms with Gasteiger partial charge >= 0.3 is 12.1 Å². The third-order valence-electron chi connectivity index (χ3n) is 7.08. The van der Waals surface area contributed by atoms with Gasteiger partial charge in [0.25, 0.3) is 0 Å². The molecule has 37 heavy (non-hydrogen) atoms. The minimum absolute atomic E-state index is 0.101. The molecule has 0 amide bonds. The number of piperidine rings is 1. The molecule has 2 aromatic rings. The molecule has 202 valence electrons. The summed E-state index contributed by atoms with van der Waals surface area (Å²) in [6.45, 7) is 4.24. The van der Waals surface area contributed by atoms with Crippen molar-refractivity contribution in [2.45, 2.75) is 63.8 Å². The maximum absolute atomic E-state index is 13.4. The van der Waals surface area contributed by atoms with E-state index in [4.69, 9.17) is 32.7 Å². The van der Waals surface area contributed by atoms with Crippen LogP contribution in [-0.2, 0) is 16.1 Å². The topological polar surface area (TPSA) is 63.9 Å². The van der Waals surface area contributed by atoms with Crippen LogP contribution in [0, 0.1) is 12.8 Å². The van der Waals surface area contributed by atoms with Gasteiger partial charge in [0.05, 0.1) is 18.0 Å². The maximum Gasteiger partial charge on any atom is 0.394 e. The van der Waals surface area contributed by atoms with Gasteiger partial charge in [0.1, 0.15) is 12.0 Å². The van der Waals surface area contributed by atoms with Gasteiger partial charge in [-0.3, -0.25) is 9.69 Å². The minimum atomic E-state index is -3.27. The van der Waals surface area contributed by atoms with Crippen LogP contribution in [-0.4, -0.2) is 58.5 Å². The lowest BCUT2D eigenvalue weighted by Gasteiger charge is -2.37. The van der Waals surface area contributed by atoms with Crippen molar-refractivity contribution < 1.29 is 28.2 Å². The Balaban J connectivity index is 1.51. The van der Waals surface area contributed by atoms with Crippen LogP contribution in [0.15, 0.2) is 46.7 Å². The minimum Gasteiger partial charge on any atom is -0.469 e. The van der Waals surface area contributed by atoms with Crippen molar-refractivity contribution >= 4 is 40.1 Å². The first-order chi connectivity index (χ1) is 17.5. The van der Waals surface area contributed by atoms with Crippen LogP contribution in [0.1, 0.15) is 38.2 Å². The molecule has 0 bridgehead atoms. The first-order valence-electron chi connectivity index (χ1n) is 12.3. The number of aliphatic hydroxyl groups excluding tert-OH is 1. The number of aliphatic hydroxyl groups is 1. The molecule has 2 heterocycles. The van der Waals surface area contributed by atoms with E-state index in [2.05, 4.69) is 0 Å².